The maximum Gasteiger partial charge on any atom is 0.289 e. The lowest BCUT2D eigenvalue weighted by atomic mass is 9.77. The molecular weight excluding hydrogens is 415 g/mol. The van der Waals surface area contributed by atoms with Gasteiger partial charge >= 0.3 is 0 Å². The molecule has 1 aromatic heterocycles. The van der Waals surface area contributed by atoms with Gasteiger partial charge in [-0.05, 0) is 37.0 Å². The molecule has 0 spiro atoms. The third-order valence-corrected chi connectivity index (χ3v) is 6.87. The summed E-state index contributed by atoms with van der Waals surface area (Å²) < 4.78 is 14.9. The number of hydrogen-bond donors (Lipinski definition) is 2. The van der Waals surface area contributed by atoms with E-state index < -0.39 is 5.60 Å². The third-order valence-electron chi connectivity index (χ3n) is 6.87. The Morgan fingerprint density at radius 3 is 2.59 bits per heavy atom. The molecule has 2 fully saturated rings. The van der Waals surface area contributed by atoms with Gasteiger partial charge in [0.1, 0.15) is 5.82 Å². The number of aliphatic hydroxyl groups is 1. The van der Waals surface area contributed by atoms with Crippen molar-refractivity contribution in [1.29, 1.82) is 0 Å². The van der Waals surface area contributed by atoms with E-state index in [0.717, 1.165) is 25.1 Å². The second-order valence-electron chi connectivity index (χ2n) is 8.99. The van der Waals surface area contributed by atoms with Crippen molar-refractivity contribution in [2.24, 2.45) is 0 Å². The van der Waals surface area contributed by atoms with Crippen LogP contribution in [0.2, 0.25) is 0 Å². The van der Waals surface area contributed by atoms with Crippen LogP contribution < -0.4 is 5.32 Å². The van der Waals surface area contributed by atoms with Gasteiger partial charge in [-0.25, -0.2) is 4.39 Å². The lowest BCUT2D eigenvalue weighted by molar-refractivity contribution is -0.143. The second kappa shape index (κ2) is 8.25. The lowest BCUT2D eigenvalue weighted by Gasteiger charge is -2.44. The summed E-state index contributed by atoms with van der Waals surface area (Å²) in [6.07, 6.45) is 2.51. The van der Waals surface area contributed by atoms with Crippen LogP contribution in [0.25, 0.3) is 0 Å². The van der Waals surface area contributed by atoms with Crippen molar-refractivity contribution in [3.8, 4) is 0 Å². The van der Waals surface area contributed by atoms with E-state index in [0.29, 0.717) is 38.3 Å². The molecule has 1 aliphatic carbocycles. The molecule has 1 saturated carbocycles. The van der Waals surface area contributed by atoms with E-state index in [4.69, 9.17) is 0 Å². The van der Waals surface area contributed by atoms with Gasteiger partial charge in [0.05, 0.1) is 18.1 Å². The van der Waals surface area contributed by atoms with Crippen LogP contribution >= 0.6 is 0 Å². The van der Waals surface area contributed by atoms with Crippen LogP contribution in [0, 0.1) is 5.82 Å². The van der Waals surface area contributed by atoms with Crippen LogP contribution in [0.5, 0.6) is 0 Å². The van der Waals surface area contributed by atoms with Crippen molar-refractivity contribution in [1.82, 2.24) is 29.9 Å². The van der Waals surface area contributed by atoms with Gasteiger partial charge in [0.2, 0.25) is 11.7 Å². The number of piperazine rings is 1. The van der Waals surface area contributed by atoms with Gasteiger partial charge in [-0.15, -0.1) is 10.2 Å². The summed E-state index contributed by atoms with van der Waals surface area (Å²) in [5, 5.41) is 21.6. The molecule has 1 saturated heterocycles. The number of nitrogens with zero attached hydrogens (tertiary/aromatic N) is 5. The van der Waals surface area contributed by atoms with E-state index in [-0.39, 0.29) is 42.5 Å². The fraction of sp³-hybridized carbons (Fsp3) is 0.545. The Morgan fingerprint density at radius 1 is 1.12 bits per heavy atom. The molecule has 2 N–H and O–H groups in total. The molecule has 1 atom stereocenters. The van der Waals surface area contributed by atoms with Crippen molar-refractivity contribution in [2.75, 3.05) is 26.2 Å². The molecule has 2 aliphatic heterocycles. The van der Waals surface area contributed by atoms with Crippen molar-refractivity contribution in [3.63, 3.8) is 0 Å². The third kappa shape index (κ3) is 4.00. The number of benzene rings is 1. The Bertz CT molecular complexity index is 1020. The zero-order valence-electron chi connectivity index (χ0n) is 17.8. The molecule has 32 heavy (non-hydrogen) atoms. The molecule has 9 nitrogen and oxygen atoms in total. The van der Waals surface area contributed by atoms with Crippen molar-refractivity contribution in [3.05, 3.63) is 47.3 Å². The molecule has 2 aromatic rings. The highest BCUT2D eigenvalue weighted by molar-refractivity contribution is 5.90. The normalized spacial score (nSPS) is 21.9. The minimum Gasteiger partial charge on any atom is -0.389 e. The summed E-state index contributed by atoms with van der Waals surface area (Å²) in [5.41, 5.74) is -0.0461. The molecule has 0 bridgehead atoms. The van der Waals surface area contributed by atoms with Gasteiger partial charge in [-0.2, -0.15) is 0 Å². The van der Waals surface area contributed by atoms with Crippen LogP contribution in [0.1, 0.15) is 53.7 Å². The number of halogens is 1. The Morgan fingerprint density at radius 2 is 1.88 bits per heavy atom. The highest BCUT2D eigenvalue weighted by atomic mass is 19.1. The first kappa shape index (κ1) is 21.0. The lowest BCUT2D eigenvalue weighted by Crippen LogP contribution is -2.55. The standard InChI is InChI=1S/C22H27FN6O3/c23-16-4-2-15(3-5-16)13-24-21(31)20-26-25-19-17-14-28(9-8-27(17)10-11-29(19)20)18(30)12-22(32)6-1-7-22/h2-5,17,32H,1,6-14H2,(H,24,31)/t17-/m0/s1. The number of rotatable bonds is 5. The molecule has 2 amide bonds. The molecule has 0 unspecified atom stereocenters. The average Bonchev–Trinajstić information content (AvgIpc) is 3.22. The summed E-state index contributed by atoms with van der Waals surface area (Å²) in [5.74, 6) is 0.244. The summed E-state index contributed by atoms with van der Waals surface area (Å²) in [4.78, 5) is 29.6. The van der Waals surface area contributed by atoms with Crippen LogP contribution in [-0.2, 0) is 17.9 Å². The van der Waals surface area contributed by atoms with Gasteiger partial charge in [0.15, 0.2) is 5.82 Å². The Balaban J connectivity index is 1.26. The van der Waals surface area contributed by atoms with Crippen LogP contribution in [0.3, 0.4) is 0 Å². The van der Waals surface area contributed by atoms with Crippen LogP contribution in [-0.4, -0.2) is 73.3 Å². The van der Waals surface area contributed by atoms with E-state index in [2.05, 4.69) is 20.4 Å². The number of carbonyl (C=O) groups excluding carboxylic acids is 2. The smallest absolute Gasteiger partial charge is 0.289 e. The maximum atomic E-state index is 13.1. The summed E-state index contributed by atoms with van der Waals surface area (Å²) >= 11 is 0. The predicted molar refractivity (Wildman–Crippen MR) is 112 cm³/mol. The largest absolute Gasteiger partial charge is 0.389 e. The monoisotopic (exact) mass is 442 g/mol. The van der Waals surface area contributed by atoms with Gasteiger partial charge in [0, 0.05) is 39.3 Å². The summed E-state index contributed by atoms with van der Waals surface area (Å²) in [6.45, 7) is 3.45. The van der Waals surface area contributed by atoms with Crippen molar-refractivity contribution >= 4 is 11.8 Å². The molecule has 10 heteroatoms. The zero-order chi connectivity index (χ0) is 22.3. The SMILES string of the molecule is O=C(NCc1ccc(F)cc1)c1nnc2n1CCN1CCN(C(=O)CC3(O)CCC3)C[C@@H]21. The number of hydrogen-bond acceptors (Lipinski definition) is 6. The number of nitrogens with one attached hydrogen (secondary N) is 1. The molecule has 3 aliphatic rings. The van der Waals surface area contributed by atoms with E-state index in [1.807, 2.05) is 4.57 Å². The van der Waals surface area contributed by atoms with Crippen LogP contribution in [0.15, 0.2) is 24.3 Å². The molecule has 0 radical (unpaired) electrons. The molecular formula is C22H27FN6O3. The number of fused-ring (bicyclic) bond motifs is 3. The second-order valence-corrected chi connectivity index (χ2v) is 8.99. The molecule has 1 aromatic carbocycles. The van der Waals surface area contributed by atoms with Gasteiger partial charge < -0.3 is 19.9 Å². The van der Waals surface area contributed by atoms with Crippen LogP contribution in [0.4, 0.5) is 4.39 Å². The van der Waals surface area contributed by atoms with E-state index in [1.165, 1.54) is 12.1 Å². The summed E-state index contributed by atoms with van der Waals surface area (Å²) in [7, 11) is 0. The van der Waals surface area contributed by atoms with E-state index in [9.17, 15) is 19.1 Å². The number of carbonyl (C=O) groups is 2. The highest BCUT2D eigenvalue weighted by Gasteiger charge is 2.41. The predicted octanol–water partition coefficient (Wildman–Crippen LogP) is 0.851. The van der Waals surface area contributed by atoms with E-state index in [1.54, 1.807) is 17.0 Å². The Kier molecular flexibility index (Phi) is 5.42. The molecule has 3 heterocycles. The number of aromatic nitrogens is 3. The molecule has 5 rings (SSSR count). The quantitative estimate of drug-likeness (QED) is 0.712. The van der Waals surface area contributed by atoms with Gasteiger partial charge in [-0.3, -0.25) is 14.5 Å². The van der Waals surface area contributed by atoms with Gasteiger partial charge in [-0.1, -0.05) is 12.1 Å². The van der Waals surface area contributed by atoms with Crippen molar-refractivity contribution in [2.45, 2.75) is 50.4 Å². The average molecular weight is 442 g/mol. The maximum absolute atomic E-state index is 13.1. The Labute approximate surface area is 185 Å². The first-order valence-electron chi connectivity index (χ1n) is 11.1. The topological polar surface area (TPSA) is 104 Å². The minimum atomic E-state index is -0.837. The molecule has 170 valence electrons. The summed E-state index contributed by atoms with van der Waals surface area (Å²) in [6, 6.07) is 5.84. The zero-order valence-corrected chi connectivity index (χ0v) is 17.8. The highest BCUT2D eigenvalue weighted by Crippen LogP contribution is 2.36. The van der Waals surface area contributed by atoms with E-state index >= 15 is 0 Å². The number of amides is 2. The van der Waals surface area contributed by atoms with Gasteiger partial charge in [0.25, 0.3) is 5.91 Å². The first-order valence-corrected chi connectivity index (χ1v) is 11.1. The fourth-order valence-electron chi connectivity index (χ4n) is 4.76. The first-order chi connectivity index (χ1) is 15.4. The fourth-order valence-corrected chi connectivity index (χ4v) is 4.76. The Hall–Kier alpha value is -2.85. The van der Waals surface area contributed by atoms with Crippen molar-refractivity contribution < 1.29 is 19.1 Å². The minimum absolute atomic E-state index is 0.0271.